The fraction of sp³-hybridized carbons (Fsp3) is 0.625. The number of carbonyl (C=O) groups is 2. The largest absolute Gasteiger partial charge is 0.361 e. The lowest BCUT2D eigenvalue weighted by Gasteiger charge is -2.36. The number of nitrogens with zero attached hydrogens (tertiary/aromatic N) is 5. The number of urea groups is 1. The number of aryl methyl sites for hydroxylation is 1. The van der Waals surface area contributed by atoms with Gasteiger partial charge in [0.25, 0.3) is 0 Å². The Morgan fingerprint density at radius 2 is 2.07 bits per heavy atom. The van der Waals surface area contributed by atoms with Crippen LogP contribution in [0.15, 0.2) is 15.6 Å². The Morgan fingerprint density at radius 3 is 2.63 bits per heavy atom. The maximum atomic E-state index is 11.6. The molecule has 2 saturated heterocycles. The van der Waals surface area contributed by atoms with E-state index in [1.54, 1.807) is 7.05 Å². The van der Waals surface area contributed by atoms with E-state index in [1.165, 1.54) is 4.90 Å². The van der Waals surface area contributed by atoms with Gasteiger partial charge in [0.2, 0.25) is 5.91 Å². The van der Waals surface area contributed by atoms with E-state index in [-0.39, 0.29) is 42.5 Å². The van der Waals surface area contributed by atoms with Crippen molar-refractivity contribution in [3.05, 3.63) is 17.5 Å². The van der Waals surface area contributed by atoms with E-state index in [9.17, 15) is 9.59 Å². The van der Waals surface area contributed by atoms with Crippen LogP contribution in [0.5, 0.6) is 0 Å². The molecule has 2 fully saturated rings. The summed E-state index contributed by atoms with van der Waals surface area (Å²) in [5.74, 6) is 1.42. The molecule has 0 atom stereocenters. The molecule has 27 heavy (non-hydrogen) atoms. The lowest BCUT2D eigenvalue weighted by molar-refractivity contribution is -0.124. The molecule has 11 heteroatoms. The van der Waals surface area contributed by atoms with Gasteiger partial charge >= 0.3 is 6.03 Å². The van der Waals surface area contributed by atoms with Gasteiger partial charge in [-0.05, 0) is 6.92 Å². The average molecular weight is 491 g/mol. The zero-order valence-corrected chi connectivity index (χ0v) is 17.9. The Balaban J connectivity index is 0.00000261. The summed E-state index contributed by atoms with van der Waals surface area (Å²) in [7, 11) is 1.74. The molecule has 0 radical (unpaired) electrons. The lowest BCUT2D eigenvalue weighted by Crippen LogP contribution is -2.53. The van der Waals surface area contributed by atoms with Crippen LogP contribution in [0.1, 0.15) is 11.5 Å². The number of nitrogens with one attached hydrogen (secondary N) is 2. The summed E-state index contributed by atoms with van der Waals surface area (Å²) in [4.78, 5) is 33.1. The van der Waals surface area contributed by atoms with Crippen molar-refractivity contribution in [2.45, 2.75) is 13.5 Å². The molecule has 2 aliphatic rings. The van der Waals surface area contributed by atoms with Crippen molar-refractivity contribution in [3.63, 3.8) is 0 Å². The molecule has 150 valence electrons. The van der Waals surface area contributed by atoms with Crippen LogP contribution in [-0.2, 0) is 11.3 Å². The smallest absolute Gasteiger partial charge is 0.324 e. The van der Waals surface area contributed by atoms with Crippen molar-refractivity contribution in [2.75, 3.05) is 52.9 Å². The van der Waals surface area contributed by atoms with Crippen LogP contribution in [0.3, 0.4) is 0 Å². The van der Waals surface area contributed by atoms with Gasteiger partial charge < -0.3 is 20.1 Å². The van der Waals surface area contributed by atoms with Crippen molar-refractivity contribution in [1.29, 1.82) is 0 Å². The number of aliphatic imine (C=N–C) groups is 1. The van der Waals surface area contributed by atoms with Crippen molar-refractivity contribution in [1.82, 2.24) is 30.5 Å². The number of amides is 3. The Labute approximate surface area is 175 Å². The number of halogens is 1. The second kappa shape index (κ2) is 9.88. The van der Waals surface area contributed by atoms with Gasteiger partial charge in [-0.15, -0.1) is 24.0 Å². The Kier molecular flexibility index (Phi) is 7.83. The number of guanidine groups is 1. The Bertz CT molecular complexity index is 669. The number of aromatic nitrogens is 1. The van der Waals surface area contributed by atoms with Crippen molar-refractivity contribution >= 4 is 41.9 Å². The number of hydrogen-bond donors (Lipinski definition) is 2. The third-order valence-corrected chi connectivity index (χ3v) is 4.50. The normalized spacial score (nSPS) is 18.5. The van der Waals surface area contributed by atoms with Crippen LogP contribution in [-0.4, -0.2) is 90.6 Å². The molecule has 3 heterocycles. The highest BCUT2D eigenvalue weighted by Gasteiger charge is 2.28. The summed E-state index contributed by atoms with van der Waals surface area (Å²) < 4.78 is 5.11. The highest BCUT2D eigenvalue weighted by molar-refractivity contribution is 14.0. The van der Waals surface area contributed by atoms with Crippen LogP contribution in [0.2, 0.25) is 0 Å². The molecule has 0 unspecified atom stereocenters. The van der Waals surface area contributed by atoms with Gasteiger partial charge in [0.1, 0.15) is 5.76 Å². The maximum Gasteiger partial charge on any atom is 0.324 e. The Hall–Kier alpha value is -1.89. The van der Waals surface area contributed by atoms with Gasteiger partial charge in [0.05, 0.1) is 12.2 Å². The maximum absolute atomic E-state index is 11.6. The predicted octanol–water partition coefficient (Wildman–Crippen LogP) is -0.154. The fourth-order valence-electron chi connectivity index (χ4n) is 3.13. The standard InChI is InChI=1S/C16H25N7O3.HI/c1-12-9-13(20-26-12)11-21-5-7-22(8-6-21)15(17-2)18-3-4-23-14(24)10-19-16(23)25;/h9H,3-8,10-11H2,1-2H3,(H,17,18)(H,19,25);1H. The SMILES string of the molecule is CN=C(NCCN1C(=O)CNC1=O)N1CCN(Cc2cc(C)on2)CC1.I. The Morgan fingerprint density at radius 1 is 1.33 bits per heavy atom. The fourth-order valence-corrected chi connectivity index (χ4v) is 3.13. The van der Waals surface area contributed by atoms with E-state index in [4.69, 9.17) is 4.52 Å². The molecule has 0 bridgehead atoms. The molecule has 0 aromatic carbocycles. The molecular formula is C16H26IN7O3. The van der Waals surface area contributed by atoms with Gasteiger partial charge in [0.15, 0.2) is 5.96 Å². The molecule has 0 aliphatic carbocycles. The predicted molar refractivity (Wildman–Crippen MR) is 110 cm³/mol. The molecule has 1 aromatic heterocycles. The highest BCUT2D eigenvalue weighted by Crippen LogP contribution is 2.09. The van der Waals surface area contributed by atoms with E-state index in [0.717, 1.165) is 50.1 Å². The van der Waals surface area contributed by atoms with E-state index in [2.05, 4.69) is 30.6 Å². The summed E-state index contributed by atoms with van der Waals surface area (Å²) in [6.45, 7) is 7.06. The number of piperazine rings is 1. The van der Waals surface area contributed by atoms with E-state index < -0.39 is 0 Å². The van der Waals surface area contributed by atoms with Crippen molar-refractivity contribution in [3.8, 4) is 0 Å². The molecular weight excluding hydrogens is 465 g/mol. The summed E-state index contributed by atoms with van der Waals surface area (Å²) in [5.41, 5.74) is 0.951. The quantitative estimate of drug-likeness (QED) is 0.255. The van der Waals surface area contributed by atoms with Gasteiger partial charge in [-0.25, -0.2) is 4.79 Å². The second-order valence-corrected chi connectivity index (χ2v) is 6.37. The summed E-state index contributed by atoms with van der Waals surface area (Å²) >= 11 is 0. The van der Waals surface area contributed by atoms with Gasteiger partial charge in [-0.2, -0.15) is 0 Å². The first-order valence-electron chi connectivity index (χ1n) is 8.75. The van der Waals surface area contributed by atoms with Crippen molar-refractivity contribution in [2.24, 2.45) is 4.99 Å². The molecule has 0 saturated carbocycles. The van der Waals surface area contributed by atoms with Crippen molar-refractivity contribution < 1.29 is 14.1 Å². The first-order valence-corrected chi connectivity index (χ1v) is 8.75. The highest BCUT2D eigenvalue weighted by atomic mass is 127. The summed E-state index contributed by atoms with van der Waals surface area (Å²) in [6, 6.07) is 1.63. The molecule has 3 amide bonds. The summed E-state index contributed by atoms with van der Waals surface area (Å²) in [5, 5.41) is 9.78. The van der Waals surface area contributed by atoms with E-state index in [0.29, 0.717) is 13.1 Å². The van der Waals surface area contributed by atoms with E-state index in [1.807, 2.05) is 13.0 Å². The van der Waals surface area contributed by atoms with Gasteiger partial charge in [-0.1, -0.05) is 5.16 Å². The molecule has 10 nitrogen and oxygen atoms in total. The van der Waals surface area contributed by atoms with Gasteiger partial charge in [0, 0.05) is 58.9 Å². The second-order valence-electron chi connectivity index (χ2n) is 6.37. The van der Waals surface area contributed by atoms with Crippen LogP contribution in [0.25, 0.3) is 0 Å². The first kappa shape index (κ1) is 21.4. The third-order valence-electron chi connectivity index (χ3n) is 4.50. The lowest BCUT2D eigenvalue weighted by atomic mass is 10.3. The third kappa shape index (κ3) is 5.54. The van der Waals surface area contributed by atoms with Crippen LogP contribution in [0, 0.1) is 6.92 Å². The molecule has 3 rings (SSSR count). The zero-order chi connectivity index (χ0) is 18.5. The number of carbonyl (C=O) groups excluding carboxylic acids is 2. The number of imide groups is 1. The average Bonchev–Trinajstić information content (AvgIpc) is 3.19. The van der Waals surface area contributed by atoms with Crippen LogP contribution >= 0.6 is 24.0 Å². The number of rotatable bonds is 5. The topological polar surface area (TPSA) is 106 Å². The molecule has 2 N–H and O–H groups in total. The summed E-state index contributed by atoms with van der Waals surface area (Å²) in [6.07, 6.45) is 0. The molecule has 0 spiro atoms. The minimum Gasteiger partial charge on any atom is -0.361 e. The molecule has 2 aliphatic heterocycles. The first-order chi connectivity index (χ1) is 12.6. The molecule has 1 aromatic rings. The van der Waals surface area contributed by atoms with Gasteiger partial charge in [-0.3, -0.25) is 19.6 Å². The monoisotopic (exact) mass is 491 g/mol. The number of hydrogen-bond acceptors (Lipinski definition) is 6. The minimum absolute atomic E-state index is 0. The van der Waals surface area contributed by atoms with E-state index >= 15 is 0 Å². The minimum atomic E-state index is -0.330. The zero-order valence-electron chi connectivity index (χ0n) is 15.6. The van der Waals surface area contributed by atoms with Crippen LogP contribution in [0.4, 0.5) is 4.79 Å². The van der Waals surface area contributed by atoms with Crippen LogP contribution < -0.4 is 10.6 Å².